The van der Waals surface area contributed by atoms with E-state index in [1.54, 1.807) is 0 Å². The summed E-state index contributed by atoms with van der Waals surface area (Å²) in [5.41, 5.74) is 1.79. The van der Waals surface area contributed by atoms with E-state index in [1.807, 2.05) is 20.8 Å². The van der Waals surface area contributed by atoms with Crippen molar-refractivity contribution in [1.82, 2.24) is 9.97 Å². The van der Waals surface area contributed by atoms with E-state index in [4.69, 9.17) is 0 Å². The average molecular weight is 263 g/mol. The quantitative estimate of drug-likeness (QED) is 0.905. The van der Waals surface area contributed by atoms with Crippen molar-refractivity contribution in [1.29, 1.82) is 0 Å². The fraction of sp³-hybridized carbons (Fsp3) is 0.733. The molecule has 106 valence electrons. The normalized spacial score (nSPS) is 15.2. The Morgan fingerprint density at radius 1 is 1.21 bits per heavy atom. The minimum Gasteiger partial charge on any atom is -0.389 e. The van der Waals surface area contributed by atoms with E-state index in [9.17, 15) is 5.11 Å². The van der Waals surface area contributed by atoms with Gasteiger partial charge in [-0.1, -0.05) is 0 Å². The molecule has 1 aromatic rings. The summed E-state index contributed by atoms with van der Waals surface area (Å²) in [6.45, 7) is 9.21. The van der Waals surface area contributed by atoms with Gasteiger partial charge in [-0.3, -0.25) is 0 Å². The van der Waals surface area contributed by atoms with Crippen LogP contribution >= 0.6 is 0 Å². The number of aromatic nitrogens is 2. The van der Waals surface area contributed by atoms with E-state index < -0.39 is 5.60 Å². The Morgan fingerprint density at radius 2 is 1.89 bits per heavy atom. The molecule has 0 radical (unpaired) electrons. The van der Waals surface area contributed by atoms with Crippen LogP contribution < -0.4 is 4.90 Å². The predicted octanol–water partition coefficient (Wildman–Crippen LogP) is 2.26. The molecule has 1 aromatic heterocycles. The van der Waals surface area contributed by atoms with Gasteiger partial charge in [-0.25, -0.2) is 9.97 Å². The predicted molar refractivity (Wildman–Crippen MR) is 77.6 cm³/mol. The third-order valence-corrected chi connectivity index (χ3v) is 3.53. The number of anilines is 1. The largest absolute Gasteiger partial charge is 0.389 e. The van der Waals surface area contributed by atoms with Crippen molar-refractivity contribution < 1.29 is 5.11 Å². The van der Waals surface area contributed by atoms with Crippen molar-refractivity contribution in [3.05, 3.63) is 17.1 Å². The Bertz CT molecular complexity index is 451. The lowest BCUT2D eigenvalue weighted by molar-refractivity contribution is 0.0873. The number of hydrogen-bond donors (Lipinski definition) is 1. The highest BCUT2D eigenvalue weighted by Gasteiger charge is 2.24. The van der Waals surface area contributed by atoms with Crippen LogP contribution in [0, 0.1) is 6.92 Å². The lowest BCUT2D eigenvalue weighted by atomic mass is 9.95. The van der Waals surface area contributed by atoms with Gasteiger partial charge in [0.1, 0.15) is 11.6 Å². The zero-order chi connectivity index (χ0) is 14.0. The van der Waals surface area contributed by atoms with Crippen LogP contribution in [0.25, 0.3) is 0 Å². The molecule has 2 rings (SSSR count). The van der Waals surface area contributed by atoms with Crippen molar-refractivity contribution in [3.8, 4) is 0 Å². The molecule has 1 N–H and O–H groups in total. The molecule has 0 atom stereocenters. The molecule has 1 aliphatic carbocycles. The Hall–Kier alpha value is -1.16. The molecular formula is C15H25N3O. The number of likely N-dealkylation sites (N-methyl/N-ethyl adjacent to an activating group) is 1. The molecule has 1 heterocycles. The van der Waals surface area contributed by atoms with E-state index in [1.165, 1.54) is 24.1 Å². The third kappa shape index (κ3) is 3.44. The van der Waals surface area contributed by atoms with Gasteiger partial charge < -0.3 is 10.0 Å². The summed E-state index contributed by atoms with van der Waals surface area (Å²) in [6, 6.07) is 0. The summed E-state index contributed by atoms with van der Waals surface area (Å²) in [4.78, 5) is 11.4. The Kier molecular flexibility index (Phi) is 4.09. The summed E-state index contributed by atoms with van der Waals surface area (Å²) in [5.74, 6) is 1.87. The fourth-order valence-corrected chi connectivity index (χ4v) is 2.76. The van der Waals surface area contributed by atoms with Gasteiger partial charge in [0.15, 0.2) is 0 Å². The third-order valence-electron chi connectivity index (χ3n) is 3.53. The van der Waals surface area contributed by atoms with Crippen molar-refractivity contribution in [2.24, 2.45) is 0 Å². The average Bonchev–Trinajstić information content (AvgIpc) is 2.34. The molecule has 0 amide bonds. The summed E-state index contributed by atoms with van der Waals surface area (Å²) < 4.78 is 0. The molecule has 4 nitrogen and oxygen atoms in total. The number of aliphatic hydroxyl groups is 1. The molecule has 0 saturated carbocycles. The van der Waals surface area contributed by atoms with Crippen LogP contribution in [0.3, 0.4) is 0 Å². The van der Waals surface area contributed by atoms with Crippen LogP contribution in [-0.4, -0.2) is 33.8 Å². The first-order chi connectivity index (χ1) is 8.90. The van der Waals surface area contributed by atoms with E-state index in [0.717, 1.165) is 31.0 Å². The van der Waals surface area contributed by atoms with E-state index in [-0.39, 0.29) is 0 Å². The molecule has 0 saturated heterocycles. The SMILES string of the molecule is CCN(CC(C)(C)O)c1nc(C)nc2c1CCCC2. The van der Waals surface area contributed by atoms with Crippen LogP contribution in [0.5, 0.6) is 0 Å². The van der Waals surface area contributed by atoms with Crippen molar-refractivity contribution in [2.45, 2.75) is 59.0 Å². The van der Waals surface area contributed by atoms with Crippen LogP contribution in [0.2, 0.25) is 0 Å². The van der Waals surface area contributed by atoms with E-state index in [0.29, 0.717) is 6.54 Å². The van der Waals surface area contributed by atoms with Gasteiger partial charge in [-0.05, 0) is 53.4 Å². The Balaban J connectivity index is 2.39. The number of rotatable bonds is 4. The zero-order valence-corrected chi connectivity index (χ0v) is 12.5. The van der Waals surface area contributed by atoms with Crippen LogP contribution in [0.15, 0.2) is 0 Å². The first kappa shape index (κ1) is 14.3. The standard InChI is InChI=1S/C15H25N3O/c1-5-18(10-15(3,4)19)14-12-8-6-7-9-13(12)16-11(2)17-14/h19H,5-10H2,1-4H3. The van der Waals surface area contributed by atoms with Crippen molar-refractivity contribution in [2.75, 3.05) is 18.0 Å². The maximum Gasteiger partial charge on any atom is 0.135 e. The number of nitrogens with zero attached hydrogens (tertiary/aromatic N) is 3. The Morgan fingerprint density at radius 3 is 2.53 bits per heavy atom. The molecule has 0 bridgehead atoms. The number of fused-ring (bicyclic) bond motifs is 1. The molecule has 4 heteroatoms. The first-order valence-electron chi connectivity index (χ1n) is 7.24. The number of aryl methyl sites for hydroxylation is 2. The van der Waals surface area contributed by atoms with E-state index in [2.05, 4.69) is 21.8 Å². The smallest absolute Gasteiger partial charge is 0.135 e. The van der Waals surface area contributed by atoms with Gasteiger partial charge in [-0.2, -0.15) is 0 Å². The lowest BCUT2D eigenvalue weighted by Gasteiger charge is -2.32. The molecule has 0 aliphatic heterocycles. The highest BCUT2D eigenvalue weighted by molar-refractivity contribution is 5.50. The molecule has 0 spiro atoms. The second-order valence-corrected chi connectivity index (χ2v) is 6.05. The number of hydrogen-bond acceptors (Lipinski definition) is 4. The van der Waals surface area contributed by atoms with Crippen LogP contribution in [0.4, 0.5) is 5.82 Å². The molecule has 19 heavy (non-hydrogen) atoms. The maximum atomic E-state index is 10.1. The van der Waals surface area contributed by atoms with Crippen LogP contribution in [0.1, 0.15) is 50.7 Å². The maximum absolute atomic E-state index is 10.1. The molecular weight excluding hydrogens is 238 g/mol. The summed E-state index contributed by atoms with van der Waals surface area (Å²) in [6.07, 6.45) is 4.56. The van der Waals surface area contributed by atoms with Crippen molar-refractivity contribution >= 4 is 5.82 Å². The highest BCUT2D eigenvalue weighted by atomic mass is 16.3. The molecule has 1 aliphatic rings. The van der Waals surface area contributed by atoms with Gasteiger partial charge in [0, 0.05) is 24.3 Å². The van der Waals surface area contributed by atoms with Gasteiger partial charge in [0.25, 0.3) is 0 Å². The van der Waals surface area contributed by atoms with Gasteiger partial charge >= 0.3 is 0 Å². The van der Waals surface area contributed by atoms with E-state index >= 15 is 0 Å². The van der Waals surface area contributed by atoms with Crippen LogP contribution in [-0.2, 0) is 12.8 Å². The topological polar surface area (TPSA) is 49.2 Å². The second-order valence-electron chi connectivity index (χ2n) is 6.05. The van der Waals surface area contributed by atoms with Gasteiger partial charge in [0.05, 0.1) is 5.60 Å². The highest BCUT2D eigenvalue weighted by Crippen LogP contribution is 2.28. The fourth-order valence-electron chi connectivity index (χ4n) is 2.76. The van der Waals surface area contributed by atoms with Gasteiger partial charge in [-0.15, -0.1) is 0 Å². The summed E-state index contributed by atoms with van der Waals surface area (Å²) in [5, 5.41) is 10.1. The monoisotopic (exact) mass is 263 g/mol. The molecule has 0 fully saturated rings. The summed E-state index contributed by atoms with van der Waals surface area (Å²) >= 11 is 0. The lowest BCUT2D eigenvalue weighted by Crippen LogP contribution is -2.40. The second kappa shape index (κ2) is 5.45. The Labute approximate surface area is 115 Å². The molecule has 0 aromatic carbocycles. The van der Waals surface area contributed by atoms with Gasteiger partial charge in [0.2, 0.25) is 0 Å². The zero-order valence-electron chi connectivity index (χ0n) is 12.5. The van der Waals surface area contributed by atoms with Crippen molar-refractivity contribution in [3.63, 3.8) is 0 Å². The first-order valence-corrected chi connectivity index (χ1v) is 7.24. The minimum atomic E-state index is -0.712. The molecule has 0 unspecified atom stereocenters. The minimum absolute atomic E-state index is 0.604. The summed E-state index contributed by atoms with van der Waals surface area (Å²) in [7, 11) is 0.